The first-order chi connectivity index (χ1) is 9.90. The van der Waals surface area contributed by atoms with Crippen LogP contribution in [0.3, 0.4) is 0 Å². The lowest BCUT2D eigenvalue weighted by Gasteiger charge is -2.25. The number of H-pyrrole nitrogens is 1. The largest absolute Gasteiger partial charge is 0.389 e. The maximum absolute atomic E-state index is 12.1. The molecule has 0 saturated carbocycles. The molecule has 6 heteroatoms. The highest BCUT2D eigenvalue weighted by Crippen LogP contribution is 2.25. The summed E-state index contributed by atoms with van der Waals surface area (Å²) in [6, 6.07) is 0. The number of aliphatic hydroxyl groups is 1. The molecule has 0 saturated heterocycles. The van der Waals surface area contributed by atoms with Crippen LogP contribution in [0.25, 0.3) is 10.2 Å². The van der Waals surface area contributed by atoms with Crippen molar-refractivity contribution < 1.29 is 5.11 Å². The number of thiophene rings is 1. The van der Waals surface area contributed by atoms with Gasteiger partial charge < -0.3 is 15.4 Å². The second-order valence-corrected chi connectivity index (χ2v) is 6.71. The van der Waals surface area contributed by atoms with Gasteiger partial charge in [-0.2, -0.15) is 0 Å². The molecule has 2 heterocycles. The van der Waals surface area contributed by atoms with Gasteiger partial charge in [0.25, 0.3) is 5.56 Å². The fourth-order valence-corrected chi connectivity index (χ4v) is 3.35. The van der Waals surface area contributed by atoms with E-state index in [9.17, 15) is 9.90 Å². The average Bonchev–Trinajstić information content (AvgIpc) is 2.74. The lowest BCUT2D eigenvalue weighted by Crippen LogP contribution is -2.39. The molecule has 116 valence electrons. The van der Waals surface area contributed by atoms with Crippen LogP contribution in [-0.2, 0) is 6.54 Å². The van der Waals surface area contributed by atoms with Crippen molar-refractivity contribution in [1.29, 1.82) is 0 Å². The van der Waals surface area contributed by atoms with E-state index in [4.69, 9.17) is 0 Å². The predicted molar refractivity (Wildman–Crippen MR) is 87.0 cm³/mol. The molecule has 0 aliphatic rings. The Bertz CT molecular complexity index is 686. The third-order valence-corrected chi connectivity index (χ3v) is 5.25. The molecule has 21 heavy (non-hydrogen) atoms. The minimum Gasteiger partial charge on any atom is -0.389 e. The van der Waals surface area contributed by atoms with Gasteiger partial charge in [-0.25, -0.2) is 4.98 Å². The Morgan fingerprint density at radius 2 is 2.00 bits per heavy atom. The Hall–Kier alpha value is -1.24. The molecule has 5 nitrogen and oxygen atoms in total. The van der Waals surface area contributed by atoms with E-state index in [2.05, 4.69) is 15.3 Å². The second kappa shape index (κ2) is 6.25. The Kier molecular flexibility index (Phi) is 4.81. The van der Waals surface area contributed by atoms with Crippen molar-refractivity contribution in [3.8, 4) is 0 Å². The molecule has 0 radical (unpaired) electrons. The van der Waals surface area contributed by atoms with Crippen molar-refractivity contribution >= 4 is 21.6 Å². The summed E-state index contributed by atoms with van der Waals surface area (Å²) in [5.41, 5.74) is 0.232. The van der Waals surface area contributed by atoms with Crippen LogP contribution in [0.5, 0.6) is 0 Å². The molecule has 0 aromatic carbocycles. The maximum atomic E-state index is 12.1. The summed E-state index contributed by atoms with van der Waals surface area (Å²) in [6.07, 6.45) is 1.39. The van der Waals surface area contributed by atoms with E-state index >= 15 is 0 Å². The molecule has 0 amide bonds. The summed E-state index contributed by atoms with van der Waals surface area (Å²) in [4.78, 5) is 21.4. The molecule has 2 aromatic rings. The number of nitrogens with one attached hydrogen (secondary N) is 2. The Morgan fingerprint density at radius 1 is 1.33 bits per heavy atom. The number of hydrogen-bond donors (Lipinski definition) is 3. The minimum atomic E-state index is -0.694. The first kappa shape index (κ1) is 16.1. The maximum Gasteiger partial charge on any atom is 0.259 e. The monoisotopic (exact) mass is 309 g/mol. The van der Waals surface area contributed by atoms with Crippen molar-refractivity contribution in [2.75, 3.05) is 6.54 Å². The summed E-state index contributed by atoms with van der Waals surface area (Å²) >= 11 is 1.55. The molecule has 2 aromatic heterocycles. The molecule has 0 unspecified atom stereocenters. The summed E-state index contributed by atoms with van der Waals surface area (Å²) in [5.74, 6) is 0.614. The van der Waals surface area contributed by atoms with Crippen molar-refractivity contribution in [2.24, 2.45) is 0 Å². The van der Waals surface area contributed by atoms with Gasteiger partial charge in [-0.3, -0.25) is 4.79 Å². The zero-order valence-corrected chi connectivity index (χ0v) is 13.9. The predicted octanol–water partition coefficient (Wildman–Crippen LogP) is 2.24. The molecule has 0 fully saturated rings. The number of aryl methyl sites for hydroxylation is 2. The normalized spacial score (nSPS) is 12.2. The molecule has 0 aliphatic carbocycles. The van der Waals surface area contributed by atoms with E-state index in [0.29, 0.717) is 37.1 Å². The SMILES string of the molecule is CCC(O)(CC)CNCc1nc2sc(C)c(C)c2c(=O)[nH]1. The summed E-state index contributed by atoms with van der Waals surface area (Å²) in [5, 5.41) is 14.1. The van der Waals surface area contributed by atoms with Crippen LogP contribution in [0.1, 0.15) is 43.0 Å². The van der Waals surface area contributed by atoms with E-state index in [-0.39, 0.29) is 5.56 Å². The fraction of sp³-hybridized carbons (Fsp3) is 0.600. The Balaban J connectivity index is 2.15. The summed E-state index contributed by atoms with van der Waals surface area (Å²) in [7, 11) is 0. The molecular weight excluding hydrogens is 286 g/mol. The van der Waals surface area contributed by atoms with Crippen molar-refractivity contribution in [2.45, 2.75) is 52.7 Å². The number of aromatic amines is 1. The van der Waals surface area contributed by atoms with Crippen LogP contribution in [-0.4, -0.2) is 27.2 Å². The first-order valence-corrected chi connectivity index (χ1v) is 8.14. The van der Waals surface area contributed by atoms with Gasteiger partial charge in [0.05, 0.1) is 17.5 Å². The van der Waals surface area contributed by atoms with Crippen LogP contribution < -0.4 is 10.9 Å². The molecule has 0 bridgehead atoms. The van der Waals surface area contributed by atoms with Gasteiger partial charge in [0.15, 0.2) is 0 Å². The highest BCUT2D eigenvalue weighted by atomic mass is 32.1. The van der Waals surface area contributed by atoms with Crippen LogP contribution in [0.4, 0.5) is 0 Å². The van der Waals surface area contributed by atoms with Gasteiger partial charge in [-0.15, -0.1) is 11.3 Å². The van der Waals surface area contributed by atoms with E-state index in [1.807, 2.05) is 27.7 Å². The lowest BCUT2D eigenvalue weighted by atomic mass is 9.98. The first-order valence-electron chi connectivity index (χ1n) is 7.32. The highest BCUT2D eigenvalue weighted by Gasteiger charge is 2.21. The van der Waals surface area contributed by atoms with Crippen LogP contribution in [0.2, 0.25) is 0 Å². The van der Waals surface area contributed by atoms with Gasteiger partial charge >= 0.3 is 0 Å². The topological polar surface area (TPSA) is 78.0 Å². The van der Waals surface area contributed by atoms with Gasteiger partial charge in [0.2, 0.25) is 0 Å². The number of hydrogen-bond acceptors (Lipinski definition) is 5. The van der Waals surface area contributed by atoms with E-state index in [0.717, 1.165) is 15.3 Å². The third-order valence-electron chi connectivity index (χ3n) is 4.15. The number of rotatable bonds is 6. The van der Waals surface area contributed by atoms with Gasteiger partial charge in [-0.05, 0) is 32.3 Å². The van der Waals surface area contributed by atoms with Gasteiger partial charge in [0, 0.05) is 11.4 Å². The van der Waals surface area contributed by atoms with Crippen LogP contribution in [0, 0.1) is 13.8 Å². The molecule has 3 N–H and O–H groups in total. The smallest absolute Gasteiger partial charge is 0.259 e. The molecule has 0 aliphatic heterocycles. The zero-order chi connectivity index (χ0) is 15.6. The van der Waals surface area contributed by atoms with Crippen molar-refractivity contribution in [3.05, 3.63) is 26.6 Å². The molecular formula is C15H23N3O2S. The second-order valence-electron chi connectivity index (χ2n) is 5.51. The van der Waals surface area contributed by atoms with Gasteiger partial charge in [0.1, 0.15) is 10.7 Å². The molecule has 0 spiro atoms. The van der Waals surface area contributed by atoms with Crippen LogP contribution in [0.15, 0.2) is 4.79 Å². The Morgan fingerprint density at radius 3 is 2.62 bits per heavy atom. The fourth-order valence-electron chi connectivity index (χ4n) is 2.30. The highest BCUT2D eigenvalue weighted by molar-refractivity contribution is 7.18. The van der Waals surface area contributed by atoms with E-state index in [1.54, 1.807) is 11.3 Å². The zero-order valence-electron chi connectivity index (χ0n) is 13.0. The number of fused-ring (bicyclic) bond motifs is 1. The standard InChI is InChI=1S/C15H23N3O2S/c1-5-15(20,6-2)8-16-7-11-17-13(19)12-9(3)10(4)21-14(12)18-11/h16,20H,5-8H2,1-4H3,(H,17,18,19). The molecule has 0 atom stereocenters. The summed E-state index contributed by atoms with van der Waals surface area (Å²) < 4.78 is 0. The average molecular weight is 309 g/mol. The van der Waals surface area contributed by atoms with E-state index < -0.39 is 5.60 Å². The van der Waals surface area contributed by atoms with E-state index in [1.165, 1.54) is 0 Å². The van der Waals surface area contributed by atoms with Crippen LogP contribution >= 0.6 is 11.3 Å². The van der Waals surface area contributed by atoms with Crippen molar-refractivity contribution in [1.82, 2.24) is 15.3 Å². The van der Waals surface area contributed by atoms with Gasteiger partial charge in [-0.1, -0.05) is 13.8 Å². The minimum absolute atomic E-state index is 0.0834. The Labute approximate surface area is 128 Å². The third kappa shape index (κ3) is 3.33. The number of nitrogens with zero attached hydrogens (tertiary/aromatic N) is 1. The quantitative estimate of drug-likeness (QED) is 0.765. The number of aromatic nitrogens is 2. The molecule has 2 rings (SSSR count). The van der Waals surface area contributed by atoms with Crippen molar-refractivity contribution in [3.63, 3.8) is 0 Å². The lowest BCUT2D eigenvalue weighted by molar-refractivity contribution is 0.0321. The summed E-state index contributed by atoms with van der Waals surface area (Å²) in [6.45, 7) is 8.82.